The zero-order chi connectivity index (χ0) is 12.0. The molecule has 1 aliphatic carbocycles. The number of carbonyl (C=O) groups is 1. The molecule has 1 aliphatic rings. The molecule has 0 unspecified atom stereocenters. The fourth-order valence-corrected chi connectivity index (χ4v) is 2.51. The van der Waals surface area contributed by atoms with Crippen LogP contribution in [-0.2, 0) is 4.79 Å². The number of carbonyl (C=O) groups excluding carboxylic acids is 1. The lowest BCUT2D eigenvalue weighted by molar-refractivity contribution is -0.114. The van der Waals surface area contributed by atoms with Crippen LogP contribution in [0.5, 0.6) is 0 Å². The summed E-state index contributed by atoms with van der Waals surface area (Å²) in [4.78, 5) is 14.7. The molecule has 5 heteroatoms. The lowest BCUT2D eigenvalue weighted by Crippen LogP contribution is -2.28. The Labute approximate surface area is 98.6 Å². The van der Waals surface area contributed by atoms with E-state index in [0.29, 0.717) is 11.9 Å². The van der Waals surface area contributed by atoms with Gasteiger partial charge in [-0.15, -0.1) is 0 Å². The van der Waals surface area contributed by atoms with Gasteiger partial charge in [-0.1, -0.05) is 0 Å². The van der Waals surface area contributed by atoms with E-state index in [-0.39, 0.29) is 5.92 Å². The number of aryl methyl sites for hydroxylation is 1. The molecule has 1 saturated carbocycles. The Hall–Kier alpha value is -1.91. The summed E-state index contributed by atoms with van der Waals surface area (Å²) in [5.41, 5.74) is 7.78. The van der Waals surface area contributed by atoms with Crippen molar-refractivity contribution in [2.24, 2.45) is 5.92 Å². The van der Waals surface area contributed by atoms with E-state index in [9.17, 15) is 4.79 Å². The van der Waals surface area contributed by atoms with Gasteiger partial charge in [0.2, 0.25) is 0 Å². The van der Waals surface area contributed by atoms with Gasteiger partial charge >= 0.3 is 0 Å². The Kier molecular flexibility index (Phi) is 2.14. The molecule has 5 nitrogen and oxygen atoms in total. The predicted molar refractivity (Wildman–Crippen MR) is 64.5 cm³/mol. The molecule has 0 spiro atoms. The number of aromatic nitrogens is 3. The minimum atomic E-state index is 0.193. The van der Waals surface area contributed by atoms with Gasteiger partial charge in [-0.05, 0) is 25.8 Å². The molecule has 1 fully saturated rings. The van der Waals surface area contributed by atoms with Crippen LogP contribution in [0.1, 0.15) is 24.6 Å². The van der Waals surface area contributed by atoms with Gasteiger partial charge in [0.1, 0.15) is 12.1 Å². The molecule has 0 aliphatic heterocycles. The number of pyridine rings is 1. The zero-order valence-corrected chi connectivity index (χ0v) is 9.63. The molecular weight excluding hydrogens is 216 g/mol. The monoisotopic (exact) mass is 230 g/mol. The summed E-state index contributed by atoms with van der Waals surface area (Å²) >= 11 is 0. The summed E-state index contributed by atoms with van der Waals surface area (Å²) < 4.78 is 1.99. The molecule has 2 heterocycles. The number of nitrogens with two attached hydrogens (primary N) is 1. The first-order chi connectivity index (χ1) is 8.20. The molecule has 0 amide bonds. The summed E-state index contributed by atoms with van der Waals surface area (Å²) in [6, 6.07) is 2.25. The quantitative estimate of drug-likeness (QED) is 0.793. The second-order valence-electron chi connectivity index (χ2n) is 4.64. The number of aldehydes is 1. The molecule has 88 valence electrons. The van der Waals surface area contributed by atoms with Crippen molar-refractivity contribution >= 4 is 23.0 Å². The summed E-state index contributed by atoms with van der Waals surface area (Å²) in [7, 11) is 0. The fourth-order valence-electron chi connectivity index (χ4n) is 2.51. The molecule has 0 atom stereocenters. The minimum absolute atomic E-state index is 0.193. The van der Waals surface area contributed by atoms with Gasteiger partial charge in [-0.3, -0.25) is 4.68 Å². The maximum absolute atomic E-state index is 10.6. The molecule has 2 N–H and O–H groups in total. The third kappa shape index (κ3) is 1.42. The van der Waals surface area contributed by atoms with Gasteiger partial charge in [0.25, 0.3) is 0 Å². The first-order valence-corrected chi connectivity index (χ1v) is 5.75. The van der Waals surface area contributed by atoms with Crippen LogP contribution in [0.15, 0.2) is 12.3 Å². The van der Waals surface area contributed by atoms with E-state index in [1.165, 1.54) is 0 Å². The molecule has 0 aromatic carbocycles. The maximum atomic E-state index is 10.6. The van der Waals surface area contributed by atoms with Crippen molar-refractivity contribution in [2.75, 3.05) is 5.73 Å². The lowest BCUT2D eigenvalue weighted by Gasteiger charge is -2.32. The van der Waals surface area contributed by atoms with Crippen LogP contribution >= 0.6 is 0 Å². The van der Waals surface area contributed by atoms with Gasteiger partial charge < -0.3 is 10.5 Å². The van der Waals surface area contributed by atoms with E-state index in [4.69, 9.17) is 5.73 Å². The number of nitrogens with zero attached hydrogens (tertiary/aromatic N) is 3. The summed E-state index contributed by atoms with van der Waals surface area (Å²) in [6.07, 6.45) is 4.49. The maximum Gasteiger partial charge on any atom is 0.134 e. The number of hydrogen-bond acceptors (Lipinski definition) is 4. The SMILES string of the molecule is Cc1nn(C2CC(C=O)C2)c2ccnc(N)c12. The minimum Gasteiger partial charge on any atom is -0.383 e. The Morgan fingerprint density at radius 3 is 3.00 bits per heavy atom. The fraction of sp³-hybridized carbons (Fsp3) is 0.417. The van der Waals surface area contributed by atoms with Crippen molar-refractivity contribution < 1.29 is 4.79 Å². The van der Waals surface area contributed by atoms with Crippen LogP contribution < -0.4 is 5.73 Å². The first kappa shape index (κ1) is 10.3. The highest BCUT2D eigenvalue weighted by Gasteiger charge is 2.32. The van der Waals surface area contributed by atoms with Crippen molar-refractivity contribution in [3.63, 3.8) is 0 Å². The average molecular weight is 230 g/mol. The zero-order valence-electron chi connectivity index (χ0n) is 9.63. The van der Waals surface area contributed by atoms with E-state index in [1.54, 1.807) is 6.20 Å². The van der Waals surface area contributed by atoms with Gasteiger partial charge in [0.05, 0.1) is 22.6 Å². The largest absolute Gasteiger partial charge is 0.383 e. The van der Waals surface area contributed by atoms with Crippen LogP contribution in [0.25, 0.3) is 10.9 Å². The van der Waals surface area contributed by atoms with Crippen LogP contribution in [0.3, 0.4) is 0 Å². The Balaban J connectivity index is 2.07. The smallest absolute Gasteiger partial charge is 0.134 e. The number of fused-ring (bicyclic) bond motifs is 1. The van der Waals surface area contributed by atoms with E-state index < -0.39 is 0 Å². The molecule has 0 radical (unpaired) electrons. The molecule has 17 heavy (non-hydrogen) atoms. The Bertz CT molecular complexity index is 583. The lowest BCUT2D eigenvalue weighted by atomic mass is 9.81. The summed E-state index contributed by atoms with van der Waals surface area (Å²) in [5.74, 6) is 0.719. The summed E-state index contributed by atoms with van der Waals surface area (Å²) in [6.45, 7) is 1.94. The molecule has 0 bridgehead atoms. The van der Waals surface area contributed by atoms with E-state index in [0.717, 1.165) is 35.7 Å². The van der Waals surface area contributed by atoms with E-state index >= 15 is 0 Å². The van der Waals surface area contributed by atoms with E-state index in [2.05, 4.69) is 10.1 Å². The van der Waals surface area contributed by atoms with Crippen LogP contribution in [0.2, 0.25) is 0 Å². The van der Waals surface area contributed by atoms with Crippen LogP contribution in [0.4, 0.5) is 5.82 Å². The molecule has 2 aromatic heterocycles. The van der Waals surface area contributed by atoms with Crippen LogP contribution in [-0.4, -0.2) is 21.1 Å². The average Bonchev–Trinajstić information content (AvgIpc) is 2.56. The highest BCUT2D eigenvalue weighted by atomic mass is 16.1. The Morgan fingerprint density at radius 1 is 1.53 bits per heavy atom. The van der Waals surface area contributed by atoms with Crippen molar-refractivity contribution in [1.82, 2.24) is 14.8 Å². The van der Waals surface area contributed by atoms with Crippen molar-refractivity contribution in [3.8, 4) is 0 Å². The van der Waals surface area contributed by atoms with Gasteiger partial charge in [0.15, 0.2) is 0 Å². The Morgan fingerprint density at radius 2 is 2.29 bits per heavy atom. The number of nitrogen functional groups attached to an aromatic ring is 1. The molecular formula is C12H14N4O. The number of hydrogen-bond donors (Lipinski definition) is 1. The van der Waals surface area contributed by atoms with Crippen molar-refractivity contribution in [2.45, 2.75) is 25.8 Å². The number of rotatable bonds is 2. The highest BCUT2D eigenvalue weighted by Crippen LogP contribution is 2.38. The molecule has 2 aromatic rings. The standard InChI is InChI=1S/C12H14N4O/c1-7-11-10(2-3-14-12(11)13)16(15-7)9-4-8(5-9)6-17/h2-3,6,8-9H,4-5H2,1H3,(H2,13,14). The third-order valence-corrected chi connectivity index (χ3v) is 3.51. The number of anilines is 1. The van der Waals surface area contributed by atoms with Gasteiger partial charge in [0, 0.05) is 12.1 Å². The topological polar surface area (TPSA) is 73.8 Å². The second-order valence-corrected chi connectivity index (χ2v) is 4.64. The second kappa shape index (κ2) is 3.55. The third-order valence-electron chi connectivity index (χ3n) is 3.51. The molecule has 0 saturated heterocycles. The van der Waals surface area contributed by atoms with E-state index in [1.807, 2.05) is 17.7 Å². The van der Waals surface area contributed by atoms with Crippen molar-refractivity contribution in [1.29, 1.82) is 0 Å². The van der Waals surface area contributed by atoms with Gasteiger partial charge in [-0.2, -0.15) is 5.10 Å². The summed E-state index contributed by atoms with van der Waals surface area (Å²) in [5, 5.41) is 5.45. The normalized spacial score (nSPS) is 23.6. The van der Waals surface area contributed by atoms with Crippen molar-refractivity contribution in [3.05, 3.63) is 18.0 Å². The van der Waals surface area contributed by atoms with Crippen LogP contribution in [0, 0.1) is 12.8 Å². The van der Waals surface area contributed by atoms with Gasteiger partial charge in [-0.25, -0.2) is 4.98 Å². The highest BCUT2D eigenvalue weighted by molar-refractivity contribution is 5.90. The first-order valence-electron chi connectivity index (χ1n) is 5.75. The molecule has 3 rings (SSSR count). The predicted octanol–water partition coefficient (Wildman–Crippen LogP) is 1.47.